The highest BCUT2D eigenvalue weighted by Gasteiger charge is 2.25. The molecule has 7 heteroatoms. The number of aromatic nitrogens is 1. The smallest absolute Gasteiger partial charge is 0.339 e. The first-order valence-electron chi connectivity index (χ1n) is 11.6. The fourth-order valence-electron chi connectivity index (χ4n) is 4.09. The number of nitrogens with zero attached hydrogens (tertiary/aromatic N) is 1. The summed E-state index contributed by atoms with van der Waals surface area (Å²) < 4.78 is 11.7. The maximum Gasteiger partial charge on any atom is 0.339 e. The molecule has 0 aliphatic heterocycles. The van der Waals surface area contributed by atoms with Gasteiger partial charge in [0.25, 0.3) is 5.91 Å². The summed E-state index contributed by atoms with van der Waals surface area (Å²) in [6.45, 7) is 3.66. The Bertz CT molecular complexity index is 1570. The topological polar surface area (TPSA) is 81.4 Å². The first-order chi connectivity index (χ1) is 17.4. The summed E-state index contributed by atoms with van der Waals surface area (Å²) in [6, 6.07) is 23.7. The van der Waals surface area contributed by atoms with Gasteiger partial charge in [0.15, 0.2) is 11.7 Å². The number of hydrogen-bond donors (Lipinski definition) is 1. The van der Waals surface area contributed by atoms with Gasteiger partial charge in [0.05, 0.1) is 5.56 Å². The number of oxazole rings is 1. The molecule has 0 radical (unpaired) electrons. The molecule has 0 fully saturated rings. The number of rotatable bonds is 6. The van der Waals surface area contributed by atoms with Gasteiger partial charge in [-0.25, -0.2) is 9.78 Å². The van der Waals surface area contributed by atoms with Crippen LogP contribution in [0.4, 0.5) is 5.69 Å². The summed E-state index contributed by atoms with van der Waals surface area (Å²) in [7, 11) is 0. The standard InChI is InChI=1S/C29H23ClN2O4/c1-3-24(27(33)31-19-15-14-17(2)22(30)16-19)36-29(34)21-11-7-9-18-8-6-10-20(26(18)21)28-32-23-12-4-5-13-25(23)35-28/h4-16,24H,3H2,1-2H3,(H,31,33). The number of ether oxygens (including phenoxy) is 1. The SMILES string of the molecule is CCC(OC(=O)c1cccc2cccc(-c3nc4ccccc4o3)c12)C(=O)Nc1ccc(C)c(Cl)c1. The molecule has 4 aromatic carbocycles. The molecule has 0 saturated carbocycles. The number of amides is 1. The second-order valence-electron chi connectivity index (χ2n) is 8.45. The van der Waals surface area contributed by atoms with Gasteiger partial charge in [-0.1, -0.05) is 61.0 Å². The molecule has 5 rings (SSSR count). The largest absolute Gasteiger partial charge is 0.449 e. The van der Waals surface area contributed by atoms with E-state index in [0.29, 0.717) is 45.1 Å². The van der Waals surface area contributed by atoms with E-state index >= 15 is 0 Å². The zero-order valence-electron chi connectivity index (χ0n) is 19.7. The molecular formula is C29H23ClN2O4. The van der Waals surface area contributed by atoms with E-state index in [1.165, 1.54) is 0 Å². The summed E-state index contributed by atoms with van der Waals surface area (Å²) in [4.78, 5) is 30.9. The van der Waals surface area contributed by atoms with Crippen LogP contribution in [0.15, 0.2) is 83.3 Å². The second-order valence-corrected chi connectivity index (χ2v) is 8.86. The summed E-state index contributed by atoms with van der Waals surface area (Å²) in [5.74, 6) is -0.624. The molecule has 1 atom stereocenters. The molecule has 5 aromatic rings. The molecule has 0 spiro atoms. The van der Waals surface area contributed by atoms with Crippen molar-refractivity contribution in [3.63, 3.8) is 0 Å². The zero-order chi connectivity index (χ0) is 25.2. The number of fused-ring (bicyclic) bond motifs is 2. The number of carbonyl (C=O) groups excluding carboxylic acids is 2. The second kappa shape index (κ2) is 9.84. The Balaban J connectivity index is 1.46. The van der Waals surface area contributed by atoms with Gasteiger partial charge in [-0.15, -0.1) is 0 Å². The summed E-state index contributed by atoms with van der Waals surface area (Å²) >= 11 is 6.17. The monoisotopic (exact) mass is 498 g/mol. The van der Waals surface area contributed by atoms with Crippen LogP contribution in [0.5, 0.6) is 0 Å². The predicted molar refractivity (Wildman–Crippen MR) is 141 cm³/mol. The molecule has 180 valence electrons. The number of para-hydroxylation sites is 2. The highest BCUT2D eigenvalue weighted by Crippen LogP contribution is 2.33. The number of benzene rings is 4. The van der Waals surface area contributed by atoms with Crippen LogP contribution < -0.4 is 5.32 Å². The van der Waals surface area contributed by atoms with Gasteiger partial charge in [-0.3, -0.25) is 4.79 Å². The third kappa shape index (κ3) is 4.55. The highest BCUT2D eigenvalue weighted by atomic mass is 35.5. The van der Waals surface area contributed by atoms with Gasteiger partial charge in [0, 0.05) is 21.7 Å². The Hall–Kier alpha value is -4.16. The van der Waals surface area contributed by atoms with E-state index in [2.05, 4.69) is 10.3 Å². The lowest BCUT2D eigenvalue weighted by molar-refractivity contribution is -0.124. The summed E-state index contributed by atoms with van der Waals surface area (Å²) in [5, 5.41) is 4.80. The number of esters is 1. The van der Waals surface area contributed by atoms with E-state index in [4.69, 9.17) is 20.8 Å². The minimum Gasteiger partial charge on any atom is -0.449 e. The molecule has 1 heterocycles. The number of carbonyl (C=O) groups is 2. The fraction of sp³-hybridized carbons (Fsp3) is 0.138. The van der Waals surface area contributed by atoms with E-state index in [9.17, 15) is 9.59 Å². The molecule has 1 aromatic heterocycles. The Morgan fingerprint density at radius 3 is 2.56 bits per heavy atom. The lowest BCUT2D eigenvalue weighted by atomic mass is 9.99. The van der Waals surface area contributed by atoms with E-state index in [1.54, 1.807) is 31.2 Å². The number of nitrogens with one attached hydrogen (secondary N) is 1. The number of aryl methyl sites for hydroxylation is 1. The van der Waals surface area contributed by atoms with Crippen LogP contribution in [0.25, 0.3) is 33.3 Å². The summed E-state index contributed by atoms with van der Waals surface area (Å²) in [5.41, 5.74) is 3.82. The molecule has 1 unspecified atom stereocenters. The quantitative estimate of drug-likeness (QED) is 0.251. The van der Waals surface area contributed by atoms with Crippen molar-refractivity contribution >= 4 is 51.0 Å². The molecule has 1 N–H and O–H groups in total. The lowest BCUT2D eigenvalue weighted by Crippen LogP contribution is -2.32. The number of halogens is 1. The molecule has 0 saturated heterocycles. The van der Waals surface area contributed by atoms with Gasteiger partial charge in [-0.2, -0.15) is 0 Å². The number of anilines is 1. The van der Waals surface area contributed by atoms with Crippen LogP contribution >= 0.6 is 11.6 Å². The van der Waals surface area contributed by atoms with Crippen LogP contribution in [0, 0.1) is 6.92 Å². The Morgan fingerprint density at radius 1 is 1.03 bits per heavy atom. The molecule has 6 nitrogen and oxygen atoms in total. The van der Waals surface area contributed by atoms with Gasteiger partial charge >= 0.3 is 5.97 Å². The first kappa shape index (κ1) is 23.6. The van der Waals surface area contributed by atoms with Crippen LogP contribution in [-0.2, 0) is 9.53 Å². The predicted octanol–water partition coefficient (Wildman–Crippen LogP) is 7.18. The van der Waals surface area contributed by atoms with Crippen molar-refractivity contribution < 1.29 is 18.7 Å². The maximum absolute atomic E-state index is 13.4. The van der Waals surface area contributed by atoms with Crippen molar-refractivity contribution in [2.24, 2.45) is 0 Å². The average molecular weight is 499 g/mol. The highest BCUT2D eigenvalue weighted by molar-refractivity contribution is 6.31. The van der Waals surface area contributed by atoms with E-state index in [1.807, 2.05) is 61.5 Å². The van der Waals surface area contributed by atoms with Crippen molar-refractivity contribution in [2.45, 2.75) is 26.4 Å². The van der Waals surface area contributed by atoms with Crippen molar-refractivity contribution in [3.05, 3.63) is 95.0 Å². The van der Waals surface area contributed by atoms with Crippen LogP contribution in [0.1, 0.15) is 29.3 Å². The van der Waals surface area contributed by atoms with Crippen molar-refractivity contribution in [1.82, 2.24) is 4.98 Å². The van der Waals surface area contributed by atoms with Crippen molar-refractivity contribution in [3.8, 4) is 11.5 Å². The van der Waals surface area contributed by atoms with Crippen LogP contribution in [0.3, 0.4) is 0 Å². The Labute approximate surface area is 212 Å². The maximum atomic E-state index is 13.4. The third-order valence-corrected chi connectivity index (χ3v) is 6.41. The minimum atomic E-state index is -0.982. The average Bonchev–Trinajstić information content (AvgIpc) is 3.32. The van der Waals surface area contributed by atoms with E-state index in [-0.39, 0.29) is 0 Å². The molecule has 0 aliphatic carbocycles. The van der Waals surface area contributed by atoms with Gasteiger partial charge in [0.1, 0.15) is 5.52 Å². The first-order valence-corrected chi connectivity index (χ1v) is 12.0. The fourth-order valence-corrected chi connectivity index (χ4v) is 4.27. The number of hydrogen-bond acceptors (Lipinski definition) is 5. The molecule has 1 amide bonds. The van der Waals surface area contributed by atoms with Gasteiger partial charge < -0.3 is 14.5 Å². The molecule has 0 aliphatic rings. The van der Waals surface area contributed by atoms with E-state index < -0.39 is 18.0 Å². The van der Waals surface area contributed by atoms with Crippen LogP contribution in [-0.4, -0.2) is 23.0 Å². The van der Waals surface area contributed by atoms with Gasteiger partial charge in [0.2, 0.25) is 5.89 Å². The summed E-state index contributed by atoms with van der Waals surface area (Å²) in [6.07, 6.45) is -0.677. The molecule has 0 bridgehead atoms. The van der Waals surface area contributed by atoms with Crippen molar-refractivity contribution in [1.29, 1.82) is 0 Å². The molecule has 36 heavy (non-hydrogen) atoms. The van der Waals surface area contributed by atoms with Crippen molar-refractivity contribution in [2.75, 3.05) is 5.32 Å². The Morgan fingerprint density at radius 2 is 1.81 bits per heavy atom. The Kier molecular flexibility index (Phi) is 6.44. The van der Waals surface area contributed by atoms with Crippen LogP contribution in [0.2, 0.25) is 5.02 Å². The van der Waals surface area contributed by atoms with E-state index in [0.717, 1.165) is 16.5 Å². The normalized spacial score (nSPS) is 12.0. The third-order valence-electron chi connectivity index (χ3n) is 6.00. The van der Waals surface area contributed by atoms with Gasteiger partial charge in [-0.05, 0) is 60.7 Å². The lowest BCUT2D eigenvalue weighted by Gasteiger charge is -2.17. The minimum absolute atomic E-state index is 0.305. The molecular weight excluding hydrogens is 476 g/mol. The zero-order valence-corrected chi connectivity index (χ0v) is 20.5.